The summed E-state index contributed by atoms with van der Waals surface area (Å²) in [4.78, 5) is 4.35. The quantitative estimate of drug-likeness (QED) is 0.859. The van der Waals surface area contributed by atoms with E-state index in [-0.39, 0.29) is 0 Å². The lowest BCUT2D eigenvalue weighted by Crippen LogP contribution is -2.38. The van der Waals surface area contributed by atoms with Crippen molar-refractivity contribution in [1.29, 1.82) is 0 Å². The van der Waals surface area contributed by atoms with Crippen LogP contribution in [0.3, 0.4) is 0 Å². The summed E-state index contributed by atoms with van der Waals surface area (Å²) < 4.78 is 5.20. The van der Waals surface area contributed by atoms with E-state index in [0.717, 1.165) is 36.2 Å². The van der Waals surface area contributed by atoms with Crippen LogP contribution in [-0.4, -0.2) is 40.5 Å². The summed E-state index contributed by atoms with van der Waals surface area (Å²) in [6.07, 6.45) is 2.89. The van der Waals surface area contributed by atoms with Gasteiger partial charge in [-0.1, -0.05) is 5.16 Å². The maximum Gasteiger partial charge on any atom is 0.228 e. The van der Waals surface area contributed by atoms with Crippen molar-refractivity contribution in [2.24, 2.45) is 0 Å². The fraction of sp³-hybridized carbons (Fsp3) is 0.778. The zero-order valence-electron chi connectivity index (χ0n) is 8.73. The van der Waals surface area contributed by atoms with Gasteiger partial charge in [0.05, 0.1) is 5.75 Å². The van der Waals surface area contributed by atoms with Gasteiger partial charge in [0.25, 0.3) is 0 Å². The van der Waals surface area contributed by atoms with Crippen molar-refractivity contribution in [2.45, 2.75) is 18.2 Å². The maximum absolute atomic E-state index is 5.20. The number of aromatic nitrogens is 2. The number of hydrogen-bond donors (Lipinski definition) is 1. The molecule has 1 atom stereocenters. The molecule has 1 aliphatic rings. The highest BCUT2D eigenvalue weighted by Crippen LogP contribution is 2.12. The van der Waals surface area contributed by atoms with Gasteiger partial charge < -0.3 is 9.84 Å². The summed E-state index contributed by atoms with van der Waals surface area (Å²) in [6.45, 7) is 1.08. The maximum atomic E-state index is 5.20. The van der Waals surface area contributed by atoms with E-state index in [4.69, 9.17) is 4.52 Å². The first kappa shape index (κ1) is 11.3. The standard InChI is InChI=1S/C9H15N3OS2/c1-14-6-8-11-9(13-12-8)4-7-5-15-3-2-10-7/h7,10H,2-6H2,1H3. The molecule has 1 saturated heterocycles. The minimum atomic E-state index is 0.492. The van der Waals surface area contributed by atoms with Crippen molar-refractivity contribution in [3.63, 3.8) is 0 Å². The van der Waals surface area contributed by atoms with Crippen molar-refractivity contribution in [3.05, 3.63) is 11.7 Å². The van der Waals surface area contributed by atoms with Crippen LogP contribution in [0, 0.1) is 0 Å². The molecule has 1 unspecified atom stereocenters. The second-order valence-corrected chi connectivity index (χ2v) is 5.48. The number of nitrogens with one attached hydrogen (secondary N) is 1. The summed E-state index contributed by atoms with van der Waals surface area (Å²) in [5.41, 5.74) is 0. The number of hydrogen-bond acceptors (Lipinski definition) is 6. The molecule has 4 nitrogen and oxygen atoms in total. The van der Waals surface area contributed by atoms with E-state index in [1.54, 1.807) is 11.8 Å². The molecule has 2 rings (SSSR count). The Kier molecular flexibility index (Phi) is 4.34. The van der Waals surface area contributed by atoms with Crippen LogP contribution in [0.25, 0.3) is 0 Å². The van der Waals surface area contributed by atoms with Crippen LogP contribution in [-0.2, 0) is 12.2 Å². The molecule has 0 aliphatic carbocycles. The summed E-state index contributed by atoms with van der Waals surface area (Å²) in [5, 5.41) is 7.38. The molecule has 1 fully saturated rings. The van der Waals surface area contributed by atoms with Crippen LogP contribution >= 0.6 is 23.5 Å². The van der Waals surface area contributed by atoms with Crippen molar-refractivity contribution in [2.75, 3.05) is 24.3 Å². The summed E-state index contributed by atoms with van der Waals surface area (Å²) >= 11 is 3.69. The predicted molar refractivity (Wildman–Crippen MR) is 64.3 cm³/mol. The third-order valence-electron chi connectivity index (χ3n) is 2.20. The van der Waals surface area contributed by atoms with Crippen molar-refractivity contribution in [1.82, 2.24) is 15.5 Å². The van der Waals surface area contributed by atoms with Crippen LogP contribution in [0.5, 0.6) is 0 Å². The number of thioether (sulfide) groups is 2. The molecule has 1 aliphatic heterocycles. The summed E-state index contributed by atoms with van der Waals surface area (Å²) in [6, 6.07) is 0.492. The Bertz CT molecular complexity index is 299. The van der Waals surface area contributed by atoms with Gasteiger partial charge in [0.1, 0.15) is 0 Å². The molecule has 6 heteroatoms. The normalized spacial score (nSPS) is 21.8. The van der Waals surface area contributed by atoms with Gasteiger partial charge in [-0.2, -0.15) is 28.5 Å². The summed E-state index contributed by atoms with van der Waals surface area (Å²) in [7, 11) is 0. The zero-order valence-corrected chi connectivity index (χ0v) is 10.4. The second-order valence-electron chi connectivity index (χ2n) is 3.47. The third kappa shape index (κ3) is 3.39. The van der Waals surface area contributed by atoms with Crippen LogP contribution in [0.15, 0.2) is 4.52 Å². The highest BCUT2D eigenvalue weighted by Gasteiger charge is 2.16. The van der Waals surface area contributed by atoms with E-state index in [9.17, 15) is 0 Å². The molecule has 15 heavy (non-hydrogen) atoms. The largest absolute Gasteiger partial charge is 0.339 e. The highest BCUT2D eigenvalue weighted by molar-refractivity contribution is 7.99. The Morgan fingerprint density at radius 3 is 3.33 bits per heavy atom. The molecule has 1 N–H and O–H groups in total. The topological polar surface area (TPSA) is 51.0 Å². The number of rotatable bonds is 4. The predicted octanol–water partition coefficient (Wildman–Crippen LogP) is 1.18. The van der Waals surface area contributed by atoms with E-state index < -0.39 is 0 Å². The number of nitrogens with zero attached hydrogens (tertiary/aromatic N) is 2. The molecule has 0 spiro atoms. The Balaban J connectivity index is 1.86. The second kappa shape index (κ2) is 5.77. The van der Waals surface area contributed by atoms with Crippen LogP contribution in [0.4, 0.5) is 0 Å². The smallest absolute Gasteiger partial charge is 0.228 e. The molecule has 1 aromatic rings. The Morgan fingerprint density at radius 1 is 1.67 bits per heavy atom. The molecule has 0 saturated carbocycles. The first-order chi connectivity index (χ1) is 7.38. The fourth-order valence-corrected chi connectivity index (χ4v) is 2.85. The molecule has 0 radical (unpaired) electrons. The van der Waals surface area contributed by atoms with Gasteiger partial charge >= 0.3 is 0 Å². The molecule has 0 bridgehead atoms. The molecule has 0 amide bonds. The Hall–Kier alpha value is -0.200. The van der Waals surface area contributed by atoms with Gasteiger partial charge in [-0.15, -0.1) is 0 Å². The van der Waals surface area contributed by atoms with E-state index in [1.165, 1.54) is 5.75 Å². The average molecular weight is 245 g/mol. The van der Waals surface area contributed by atoms with Gasteiger partial charge in [-0.25, -0.2) is 0 Å². The van der Waals surface area contributed by atoms with Crippen LogP contribution in [0.2, 0.25) is 0 Å². The monoisotopic (exact) mass is 245 g/mol. The lowest BCUT2D eigenvalue weighted by Gasteiger charge is -2.21. The molecular weight excluding hydrogens is 230 g/mol. The Labute approximate surface area is 98.0 Å². The highest BCUT2D eigenvalue weighted by atomic mass is 32.2. The Morgan fingerprint density at radius 2 is 2.60 bits per heavy atom. The molecule has 1 aromatic heterocycles. The van der Waals surface area contributed by atoms with E-state index in [1.807, 2.05) is 18.0 Å². The van der Waals surface area contributed by atoms with Crippen molar-refractivity contribution in [3.8, 4) is 0 Å². The molecular formula is C9H15N3OS2. The van der Waals surface area contributed by atoms with Gasteiger partial charge in [0, 0.05) is 30.5 Å². The van der Waals surface area contributed by atoms with Gasteiger partial charge in [0.2, 0.25) is 5.89 Å². The molecule has 2 heterocycles. The molecule has 0 aromatic carbocycles. The van der Waals surface area contributed by atoms with E-state index in [0.29, 0.717) is 6.04 Å². The zero-order chi connectivity index (χ0) is 10.5. The van der Waals surface area contributed by atoms with E-state index in [2.05, 4.69) is 15.5 Å². The van der Waals surface area contributed by atoms with Crippen LogP contribution in [0.1, 0.15) is 11.7 Å². The third-order valence-corrected chi connectivity index (χ3v) is 3.88. The first-order valence-corrected chi connectivity index (χ1v) is 7.55. The SMILES string of the molecule is CSCc1noc(CC2CSCCN2)n1. The lowest BCUT2D eigenvalue weighted by atomic mass is 10.2. The van der Waals surface area contributed by atoms with E-state index >= 15 is 0 Å². The minimum Gasteiger partial charge on any atom is -0.339 e. The fourth-order valence-electron chi connectivity index (χ4n) is 1.52. The molecule has 84 valence electrons. The van der Waals surface area contributed by atoms with Crippen molar-refractivity contribution >= 4 is 23.5 Å². The first-order valence-electron chi connectivity index (χ1n) is 5.00. The average Bonchev–Trinajstić information content (AvgIpc) is 2.68. The van der Waals surface area contributed by atoms with Gasteiger partial charge in [0.15, 0.2) is 5.82 Å². The van der Waals surface area contributed by atoms with Gasteiger partial charge in [-0.3, -0.25) is 0 Å². The minimum absolute atomic E-state index is 0.492. The lowest BCUT2D eigenvalue weighted by molar-refractivity contribution is 0.359. The van der Waals surface area contributed by atoms with Gasteiger partial charge in [-0.05, 0) is 6.26 Å². The van der Waals surface area contributed by atoms with Crippen LogP contribution < -0.4 is 5.32 Å². The summed E-state index contributed by atoms with van der Waals surface area (Å²) in [5.74, 6) is 4.74. The van der Waals surface area contributed by atoms with Crippen molar-refractivity contribution < 1.29 is 4.52 Å².